The first-order valence-electron chi connectivity index (χ1n) is 4.67. The van der Waals surface area contributed by atoms with Crippen molar-refractivity contribution in [3.8, 4) is 6.07 Å². The fraction of sp³-hybridized carbons (Fsp3) is 0.364. The van der Waals surface area contributed by atoms with Crippen LogP contribution in [0.2, 0.25) is 0 Å². The molecule has 3 heteroatoms. The van der Waals surface area contributed by atoms with E-state index < -0.39 is 15.5 Å². The second-order valence-electron chi connectivity index (χ2n) is 3.54. The van der Waals surface area contributed by atoms with Gasteiger partial charge in [-0.05, 0) is 31.4 Å². The number of nitrogens with zero attached hydrogens (tertiary/aromatic N) is 1. The molecule has 0 unspecified atom stereocenters. The van der Waals surface area contributed by atoms with Crippen molar-refractivity contribution in [1.82, 2.24) is 0 Å². The van der Waals surface area contributed by atoms with Gasteiger partial charge in [0.1, 0.15) is 4.75 Å². The van der Waals surface area contributed by atoms with Crippen LogP contribution in [0.4, 0.5) is 0 Å². The Balaban J connectivity index is 2.29. The van der Waals surface area contributed by atoms with Crippen LogP contribution in [0.25, 0.3) is 0 Å². The minimum atomic E-state index is -1.16. The van der Waals surface area contributed by atoms with Crippen molar-refractivity contribution in [2.45, 2.75) is 28.9 Å². The summed E-state index contributed by atoms with van der Waals surface area (Å²) in [4.78, 5) is 0.772. The Labute approximate surface area is 86.0 Å². The standard InChI is InChI=1S/C11H11NOS/c12-9-11(7-4-8-11)14(13)10-5-2-1-3-6-10/h1-3,5-6H,4,7-8H2/t14-/m0/s1. The smallest absolute Gasteiger partial charge is 0.137 e. The van der Waals surface area contributed by atoms with Gasteiger partial charge in [0.15, 0.2) is 0 Å². The molecule has 1 fully saturated rings. The van der Waals surface area contributed by atoms with Crippen molar-refractivity contribution in [3.05, 3.63) is 30.3 Å². The molecule has 0 N–H and O–H groups in total. The van der Waals surface area contributed by atoms with Crippen LogP contribution < -0.4 is 0 Å². The van der Waals surface area contributed by atoms with Gasteiger partial charge in [0.2, 0.25) is 0 Å². The summed E-state index contributed by atoms with van der Waals surface area (Å²) >= 11 is 0. The van der Waals surface area contributed by atoms with Crippen LogP contribution in [0, 0.1) is 11.3 Å². The SMILES string of the molecule is N#CC1([S@@](=O)c2ccccc2)CCC1. The van der Waals surface area contributed by atoms with Gasteiger partial charge >= 0.3 is 0 Å². The summed E-state index contributed by atoms with van der Waals surface area (Å²) in [6.45, 7) is 0. The third kappa shape index (κ3) is 1.36. The van der Waals surface area contributed by atoms with E-state index in [2.05, 4.69) is 6.07 Å². The maximum atomic E-state index is 12.1. The zero-order valence-corrected chi connectivity index (χ0v) is 8.59. The maximum Gasteiger partial charge on any atom is 0.137 e. The number of hydrogen-bond donors (Lipinski definition) is 0. The van der Waals surface area contributed by atoms with E-state index in [-0.39, 0.29) is 0 Å². The molecule has 0 amide bonds. The average molecular weight is 205 g/mol. The highest BCUT2D eigenvalue weighted by Crippen LogP contribution is 2.39. The fourth-order valence-corrected chi connectivity index (χ4v) is 3.20. The van der Waals surface area contributed by atoms with Gasteiger partial charge in [0.05, 0.1) is 16.9 Å². The summed E-state index contributed by atoms with van der Waals surface area (Å²) in [5.74, 6) is 0. The highest BCUT2D eigenvalue weighted by molar-refractivity contribution is 7.86. The number of rotatable bonds is 2. The Morgan fingerprint density at radius 2 is 1.93 bits per heavy atom. The minimum absolute atomic E-state index is 0.596. The second kappa shape index (κ2) is 3.55. The molecule has 1 saturated carbocycles. The van der Waals surface area contributed by atoms with E-state index >= 15 is 0 Å². The number of nitriles is 1. The van der Waals surface area contributed by atoms with Crippen LogP contribution in [0.3, 0.4) is 0 Å². The molecule has 0 bridgehead atoms. The first-order chi connectivity index (χ1) is 6.78. The normalized spacial score (nSPS) is 20.5. The lowest BCUT2D eigenvalue weighted by atomic mass is 9.86. The molecule has 0 saturated heterocycles. The van der Waals surface area contributed by atoms with Crippen LogP contribution in [0.1, 0.15) is 19.3 Å². The predicted molar refractivity (Wildman–Crippen MR) is 55.0 cm³/mol. The molecule has 1 aromatic rings. The molecular formula is C11H11NOS. The molecule has 2 nitrogen and oxygen atoms in total. The van der Waals surface area contributed by atoms with Crippen LogP contribution >= 0.6 is 0 Å². The first kappa shape index (κ1) is 9.42. The van der Waals surface area contributed by atoms with Gasteiger partial charge in [-0.1, -0.05) is 18.2 Å². The summed E-state index contributed by atoms with van der Waals surface area (Å²) in [7, 11) is -1.16. The van der Waals surface area contributed by atoms with Gasteiger partial charge in [-0.15, -0.1) is 0 Å². The maximum absolute atomic E-state index is 12.1. The van der Waals surface area contributed by atoms with Gasteiger partial charge in [0, 0.05) is 4.90 Å². The van der Waals surface area contributed by atoms with Gasteiger partial charge in [-0.2, -0.15) is 5.26 Å². The van der Waals surface area contributed by atoms with Gasteiger partial charge in [-0.3, -0.25) is 4.21 Å². The largest absolute Gasteiger partial charge is 0.253 e. The van der Waals surface area contributed by atoms with Crippen LogP contribution in [-0.2, 0) is 10.8 Å². The van der Waals surface area contributed by atoms with Crippen molar-refractivity contribution >= 4 is 10.8 Å². The van der Waals surface area contributed by atoms with Crippen molar-refractivity contribution in [3.63, 3.8) is 0 Å². The van der Waals surface area contributed by atoms with E-state index in [1.807, 2.05) is 30.3 Å². The molecule has 0 radical (unpaired) electrons. The molecule has 72 valence electrons. The zero-order chi connectivity index (χ0) is 10.0. The van der Waals surface area contributed by atoms with Crippen LogP contribution in [0.5, 0.6) is 0 Å². The van der Waals surface area contributed by atoms with E-state index in [0.29, 0.717) is 0 Å². The summed E-state index contributed by atoms with van der Waals surface area (Å²) < 4.78 is 11.5. The molecule has 0 heterocycles. The second-order valence-corrected chi connectivity index (χ2v) is 5.33. The van der Waals surface area contributed by atoms with Gasteiger partial charge in [0.25, 0.3) is 0 Å². The topological polar surface area (TPSA) is 40.9 Å². The third-order valence-corrected chi connectivity index (χ3v) is 4.59. The predicted octanol–water partition coefficient (Wildman–Crippen LogP) is 2.24. The highest BCUT2D eigenvalue weighted by Gasteiger charge is 2.43. The van der Waals surface area contributed by atoms with E-state index in [9.17, 15) is 4.21 Å². The molecule has 0 spiro atoms. The summed E-state index contributed by atoms with van der Waals surface area (Å²) in [6.07, 6.45) is 2.56. The summed E-state index contributed by atoms with van der Waals surface area (Å²) in [5.41, 5.74) is 0. The molecule has 14 heavy (non-hydrogen) atoms. The van der Waals surface area contributed by atoms with E-state index in [0.717, 1.165) is 24.2 Å². The molecule has 2 rings (SSSR count). The van der Waals surface area contributed by atoms with E-state index in [1.54, 1.807) is 0 Å². The lowest BCUT2D eigenvalue weighted by Gasteiger charge is -2.33. The Morgan fingerprint density at radius 3 is 2.36 bits per heavy atom. The molecule has 1 aliphatic rings. The monoisotopic (exact) mass is 205 g/mol. The van der Waals surface area contributed by atoms with Crippen LogP contribution in [-0.4, -0.2) is 8.96 Å². The Hall–Kier alpha value is -1.14. The van der Waals surface area contributed by atoms with Gasteiger partial charge in [-0.25, -0.2) is 0 Å². The molecule has 0 aliphatic heterocycles. The number of benzene rings is 1. The lowest BCUT2D eigenvalue weighted by Crippen LogP contribution is -2.39. The highest BCUT2D eigenvalue weighted by atomic mass is 32.2. The summed E-state index contributed by atoms with van der Waals surface area (Å²) in [5, 5.41) is 9.03. The quantitative estimate of drug-likeness (QED) is 0.743. The average Bonchev–Trinajstić information content (AvgIpc) is 2.18. The molecule has 1 atom stereocenters. The summed E-state index contributed by atoms with van der Waals surface area (Å²) in [6, 6.07) is 11.5. The minimum Gasteiger partial charge on any atom is -0.253 e. The Kier molecular flexibility index (Phi) is 2.39. The molecular weight excluding hydrogens is 194 g/mol. The van der Waals surface area contributed by atoms with Crippen molar-refractivity contribution < 1.29 is 4.21 Å². The van der Waals surface area contributed by atoms with Gasteiger partial charge < -0.3 is 0 Å². The lowest BCUT2D eigenvalue weighted by molar-refractivity contribution is 0.426. The number of hydrogen-bond acceptors (Lipinski definition) is 2. The fourth-order valence-electron chi connectivity index (χ4n) is 1.61. The van der Waals surface area contributed by atoms with E-state index in [1.165, 1.54) is 0 Å². The first-order valence-corrected chi connectivity index (χ1v) is 5.82. The molecule has 0 aromatic heterocycles. The van der Waals surface area contributed by atoms with Crippen molar-refractivity contribution in [1.29, 1.82) is 5.26 Å². The zero-order valence-electron chi connectivity index (χ0n) is 7.77. The molecule has 1 aliphatic carbocycles. The Bertz CT molecular complexity index is 389. The van der Waals surface area contributed by atoms with Crippen molar-refractivity contribution in [2.75, 3.05) is 0 Å². The Morgan fingerprint density at radius 1 is 1.29 bits per heavy atom. The molecule has 1 aromatic carbocycles. The van der Waals surface area contributed by atoms with E-state index in [4.69, 9.17) is 5.26 Å². The van der Waals surface area contributed by atoms with Crippen LogP contribution in [0.15, 0.2) is 35.2 Å². The van der Waals surface area contributed by atoms with Crippen molar-refractivity contribution in [2.24, 2.45) is 0 Å². The third-order valence-electron chi connectivity index (χ3n) is 2.68.